The number of benzene rings is 2. The first-order chi connectivity index (χ1) is 23.5. The topological polar surface area (TPSA) is 129 Å². The zero-order valence-corrected chi connectivity index (χ0v) is 28.2. The van der Waals surface area contributed by atoms with Crippen molar-refractivity contribution in [3.05, 3.63) is 115 Å². The van der Waals surface area contributed by atoms with E-state index in [0.717, 1.165) is 0 Å². The lowest BCUT2D eigenvalue weighted by Gasteiger charge is -2.29. The number of halogens is 2. The molecule has 6 rings (SSSR count). The molecule has 0 aromatic heterocycles. The highest BCUT2D eigenvalue weighted by Crippen LogP contribution is 2.44. The number of ether oxygens (including phenoxy) is 4. The summed E-state index contributed by atoms with van der Waals surface area (Å²) >= 11 is 0. The van der Waals surface area contributed by atoms with E-state index < -0.39 is 35.7 Å². The van der Waals surface area contributed by atoms with Crippen molar-refractivity contribution in [1.29, 1.82) is 0 Å². The van der Waals surface area contributed by atoms with Crippen molar-refractivity contribution in [2.24, 2.45) is 0 Å². The average Bonchev–Trinajstić information content (AvgIpc) is 3.66. The molecule has 258 valence electrons. The Morgan fingerprint density at radius 1 is 0.735 bits per heavy atom. The van der Waals surface area contributed by atoms with Crippen molar-refractivity contribution in [3.63, 3.8) is 0 Å². The molecule has 0 fully saturated rings. The highest BCUT2D eigenvalue weighted by atomic mass is 19.1. The zero-order chi connectivity index (χ0) is 35.6. The van der Waals surface area contributed by atoms with Gasteiger partial charge in [0.25, 0.3) is 0 Å². The van der Waals surface area contributed by atoms with E-state index >= 15 is 0 Å². The first-order valence-electron chi connectivity index (χ1n) is 16.0. The van der Waals surface area contributed by atoms with Crippen molar-refractivity contribution in [3.8, 4) is 0 Å². The number of hydrogen-bond donors (Lipinski definition) is 2. The molecule has 0 spiro atoms. The maximum Gasteiger partial charge on any atom is 0.337 e. The second-order valence-electron chi connectivity index (χ2n) is 11.6. The maximum absolute atomic E-state index is 14.4. The summed E-state index contributed by atoms with van der Waals surface area (Å²) in [5.41, 5.74) is 5.98. The summed E-state index contributed by atoms with van der Waals surface area (Å²) in [6.07, 6.45) is 1.43. The lowest BCUT2D eigenvalue weighted by atomic mass is 9.78. The number of carbonyl (C=O) groups is 4. The number of esters is 4. The molecular weight excluding hydrogens is 638 g/mol. The minimum absolute atomic E-state index is 0.118. The fourth-order valence-electron chi connectivity index (χ4n) is 6.92. The molecule has 4 heterocycles. The Labute approximate surface area is 282 Å². The Kier molecular flexibility index (Phi) is 10.4. The van der Waals surface area contributed by atoms with E-state index in [9.17, 15) is 28.0 Å². The van der Waals surface area contributed by atoms with E-state index in [1.54, 1.807) is 31.2 Å². The molecule has 2 aromatic rings. The van der Waals surface area contributed by atoms with Crippen LogP contribution in [0.5, 0.6) is 0 Å². The van der Waals surface area contributed by atoms with Crippen LogP contribution in [0, 0.1) is 11.6 Å². The first kappa shape index (κ1) is 35.1. The normalized spacial score (nSPS) is 19.7. The van der Waals surface area contributed by atoms with Gasteiger partial charge in [0.05, 0.1) is 59.7 Å². The third-order valence-corrected chi connectivity index (χ3v) is 9.11. The summed E-state index contributed by atoms with van der Waals surface area (Å²) in [6, 6.07) is 9.42. The highest BCUT2D eigenvalue weighted by Gasteiger charge is 2.44. The van der Waals surface area contributed by atoms with E-state index in [1.165, 1.54) is 26.4 Å². The lowest BCUT2D eigenvalue weighted by molar-refractivity contribution is -0.138. The number of methoxy groups -OCH3 is 2. The van der Waals surface area contributed by atoms with Crippen molar-refractivity contribution in [2.45, 2.75) is 58.8 Å². The zero-order valence-electron chi connectivity index (χ0n) is 28.2. The summed E-state index contributed by atoms with van der Waals surface area (Å²) in [4.78, 5) is 49.5. The maximum atomic E-state index is 14.4. The minimum atomic E-state index is -0.700. The smallest absolute Gasteiger partial charge is 0.337 e. The van der Waals surface area contributed by atoms with Crippen LogP contribution in [0.2, 0.25) is 0 Å². The number of nitrogens with one attached hydrogen (secondary N) is 2. The number of hydrogen-bond acceptors (Lipinski definition) is 10. The third kappa shape index (κ3) is 6.23. The SMILES string of the molecule is CCC1=C(C(=O)OC)C(c2cccc(F)c2CC)C2=C(COC2=O)N1.CCc1c(F)cccc1C1C(C(=O)OC)=C(C)NC2=C1C(=O)OC2. The van der Waals surface area contributed by atoms with Crippen LogP contribution in [0.4, 0.5) is 8.78 Å². The van der Waals surface area contributed by atoms with Gasteiger partial charge < -0.3 is 29.6 Å². The van der Waals surface area contributed by atoms with Crippen LogP contribution >= 0.6 is 0 Å². The largest absolute Gasteiger partial charge is 0.466 e. The molecule has 2 unspecified atom stereocenters. The Bertz CT molecular complexity index is 1870. The van der Waals surface area contributed by atoms with Crippen LogP contribution in [0.25, 0.3) is 0 Å². The van der Waals surface area contributed by atoms with Gasteiger partial charge in [0.1, 0.15) is 24.8 Å². The van der Waals surface area contributed by atoms with Gasteiger partial charge in [-0.3, -0.25) is 0 Å². The Hall–Kier alpha value is -5.26. The van der Waals surface area contributed by atoms with Crippen LogP contribution in [-0.2, 0) is 51.0 Å². The van der Waals surface area contributed by atoms with Gasteiger partial charge in [-0.15, -0.1) is 0 Å². The molecule has 49 heavy (non-hydrogen) atoms. The van der Waals surface area contributed by atoms with Crippen LogP contribution in [-0.4, -0.2) is 51.3 Å². The predicted molar refractivity (Wildman–Crippen MR) is 173 cm³/mol. The molecule has 0 radical (unpaired) electrons. The fraction of sp³-hybridized carbons (Fsp3) is 0.351. The molecule has 12 heteroatoms. The molecule has 0 saturated carbocycles. The number of carbonyl (C=O) groups excluding carboxylic acids is 4. The molecule has 2 atom stereocenters. The molecular formula is C37H38F2N2O8. The van der Waals surface area contributed by atoms with E-state index in [0.29, 0.717) is 86.6 Å². The molecule has 2 N–H and O–H groups in total. The van der Waals surface area contributed by atoms with E-state index in [-0.39, 0.29) is 24.8 Å². The van der Waals surface area contributed by atoms with Crippen LogP contribution in [0.15, 0.2) is 81.5 Å². The van der Waals surface area contributed by atoms with Gasteiger partial charge >= 0.3 is 23.9 Å². The highest BCUT2D eigenvalue weighted by molar-refractivity contribution is 6.02. The minimum Gasteiger partial charge on any atom is -0.466 e. The third-order valence-electron chi connectivity index (χ3n) is 9.11. The van der Waals surface area contributed by atoms with Crippen LogP contribution < -0.4 is 10.6 Å². The van der Waals surface area contributed by atoms with Gasteiger partial charge in [-0.05, 0) is 60.6 Å². The number of dihydropyridines is 2. The second-order valence-corrected chi connectivity index (χ2v) is 11.6. The van der Waals surface area contributed by atoms with Crippen molar-refractivity contribution in [2.75, 3.05) is 27.4 Å². The standard InChI is InChI=1S/C19H20FNO4.C18H18FNO4/c1-4-10-11(7-6-8-12(10)20)15-16(18(22)24-3)13(5-2)21-14-9-25-19(23)17(14)15;1-4-10-11(6-5-7-12(10)19)15-14(17(21)23-3)9(2)20-13-8-24-18(22)16(13)15/h6-8,15,21H,4-5,9H2,1-3H3;5-7,15,20H,4,8H2,1-3H3. The number of allylic oxidation sites excluding steroid dienone is 2. The van der Waals surface area contributed by atoms with Crippen LogP contribution in [0.3, 0.4) is 0 Å². The molecule has 4 aliphatic rings. The Balaban J connectivity index is 0.000000191. The van der Waals surface area contributed by atoms with Crippen LogP contribution in [0.1, 0.15) is 68.2 Å². The van der Waals surface area contributed by atoms with Gasteiger partial charge in [0.2, 0.25) is 0 Å². The summed E-state index contributed by atoms with van der Waals surface area (Å²) in [6.45, 7) is 7.55. The molecule has 0 saturated heterocycles. The van der Waals surface area contributed by atoms with Gasteiger partial charge in [0.15, 0.2) is 0 Å². The summed E-state index contributed by atoms with van der Waals surface area (Å²) in [7, 11) is 2.58. The molecule has 0 bridgehead atoms. The van der Waals surface area contributed by atoms with Gasteiger partial charge in [0, 0.05) is 11.4 Å². The van der Waals surface area contributed by atoms with Crippen molar-refractivity contribution >= 4 is 23.9 Å². The molecule has 0 amide bonds. The molecule has 0 aliphatic carbocycles. The van der Waals surface area contributed by atoms with E-state index in [4.69, 9.17) is 18.9 Å². The average molecular weight is 677 g/mol. The van der Waals surface area contributed by atoms with E-state index in [2.05, 4.69) is 10.6 Å². The Morgan fingerprint density at radius 3 is 1.63 bits per heavy atom. The quantitative estimate of drug-likeness (QED) is 0.304. The monoisotopic (exact) mass is 676 g/mol. The predicted octanol–water partition coefficient (Wildman–Crippen LogP) is 5.06. The summed E-state index contributed by atoms with van der Waals surface area (Å²) in [5.74, 6) is -4.18. The number of cyclic esters (lactones) is 2. The number of rotatable bonds is 7. The van der Waals surface area contributed by atoms with Gasteiger partial charge in [-0.2, -0.15) is 0 Å². The molecule has 10 nitrogen and oxygen atoms in total. The van der Waals surface area contributed by atoms with Crippen molar-refractivity contribution < 1.29 is 46.9 Å². The molecule has 4 aliphatic heterocycles. The lowest BCUT2D eigenvalue weighted by Crippen LogP contribution is -2.31. The van der Waals surface area contributed by atoms with E-state index in [1.807, 2.05) is 20.8 Å². The fourth-order valence-corrected chi connectivity index (χ4v) is 6.92. The summed E-state index contributed by atoms with van der Waals surface area (Å²) in [5, 5.41) is 6.18. The van der Waals surface area contributed by atoms with Crippen molar-refractivity contribution in [1.82, 2.24) is 10.6 Å². The first-order valence-corrected chi connectivity index (χ1v) is 16.0. The van der Waals surface area contributed by atoms with Gasteiger partial charge in [-0.1, -0.05) is 45.0 Å². The Morgan fingerprint density at radius 2 is 1.18 bits per heavy atom. The van der Waals surface area contributed by atoms with Gasteiger partial charge in [-0.25, -0.2) is 28.0 Å². The molecule has 2 aromatic carbocycles. The summed E-state index contributed by atoms with van der Waals surface area (Å²) < 4.78 is 48.8. The second kappa shape index (κ2) is 14.5.